The molecule has 2 amide bonds. The summed E-state index contributed by atoms with van der Waals surface area (Å²) in [5, 5.41) is 11.7. The highest BCUT2D eigenvalue weighted by atomic mass is 16.6. The molecule has 2 aliphatic rings. The molecule has 10 nitrogen and oxygen atoms in total. The minimum atomic E-state index is -0.764. The fourth-order valence-corrected chi connectivity index (χ4v) is 3.53. The molecule has 10 heteroatoms. The molecule has 184 valence electrons. The van der Waals surface area contributed by atoms with Crippen LogP contribution in [0.5, 0.6) is 17.2 Å². The highest BCUT2D eigenvalue weighted by molar-refractivity contribution is 6.03. The number of benzene rings is 1. The molecule has 3 rings (SSSR count). The summed E-state index contributed by atoms with van der Waals surface area (Å²) in [6.07, 6.45) is 5.46. The van der Waals surface area contributed by atoms with E-state index in [1.807, 2.05) is 13.8 Å². The van der Waals surface area contributed by atoms with Gasteiger partial charge >= 0.3 is 0 Å². The van der Waals surface area contributed by atoms with Gasteiger partial charge in [0.2, 0.25) is 0 Å². The van der Waals surface area contributed by atoms with Crippen molar-refractivity contribution in [2.75, 3.05) is 32.9 Å². The third-order valence-electron chi connectivity index (χ3n) is 5.10. The van der Waals surface area contributed by atoms with Gasteiger partial charge in [-0.3, -0.25) is 9.59 Å². The monoisotopic (exact) mass is 472 g/mol. The normalized spacial score (nSPS) is 16.7. The van der Waals surface area contributed by atoms with Crippen molar-refractivity contribution in [2.24, 2.45) is 16.6 Å². The second-order valence-corrected chi connectivity index (χ2v) is 8.37. The van der Waals surface area contributed by atoms with Crippen LogP contribution in [0.1, 0.15) is 26.7 Å². The largest absolute Gasteiger partial charge is 0.486 e. The number of nitrogens with two attached hydrogens (primary N) is 1. The summed E-state index contributed by atoms with van der Waals surface area (Å²) in [5.41, 5.74) is 5.87. The Hall–Kier alpha value is -3.53. The number of nitrogens with zero attached hydrogens (tertiary/aromatic N) is 2. The number of aliphatic hydroxyl groups excluding tert-OH is 1. The SMILES string of the molecule is CC(C)CC(C(=O)N=C(N)/C=C\NCCCO)N1CC(Oc2ccc3c(c2)OCCO3)=CC1=O. The molecule has 0 aromatic heterocycles. The first-order valence-electron chi connectivity index (χ1n) is 11.3. The number of hydrogen-bond acceptors (Lipinski definition) is 7. The second-order valence-electron chi connectivity index (χ2n) is 8.37. The number of nitrogens with one attached hydrogen (secondary N) is 1. The Labute approximate surface area is 199 Å². The van der Waals surface area contributed by atoms with E-state index in [1.54, 1.807) is 24.4 Å². The molecule has 1 unspecified atom stereocenters. The molecule has 0 saturated heterocycles. The average Bonchev–Trinajstić information content (AvgIpc) is 3.16. The quantitative estimate of drug-likeness (QED) is 0.249. The summed E-state index contributed by atoms with van der Waals surface area (Å²) in [6, 6.07) is 4.45. The summed E-state index contributed by atoms with van der Waals surface area (Å²) in [6.45, 7) is 5.70. The van der Waals surface area contributed by atoms with Crippen LogP contribution in [0.25, 0.3) is 0 Å². The smallest absolute Gasteiger partial charge is 0.270 e. The highest BCUT2D eigenvalue weighted by Gasteiger charge is 2.34. The molecule has 2 heterocycles. The minimum Gasteiger partial charge on any atom is -0.486 e. The predicted octanol–water partition coefficient (Wildman–Crippen LogP) is 1.35. The van der Waals surface area contributed by atoms with Gasteiger partial charge in [-0.25, -0.2) is 0 Å². The molecule has 1 atom stereocenters. The van der Waals surface area contributed by atoms with Crippen LogP contribution in [0, 0.1) is 5.92 Å². The van der Waals surface area contributed by atoms with E-state index in [1.165, 1.54) is 17.1 Å². The summed E-state index contributed by atoms with van der Waals surface area (Å²) in [4.78, 5) is 31.1. The molecule has 0 spiro atoms. The van der Waals surface area contributed by atoms with Gasteiger partial charge in [-0.05, 0) is 37.0 Å². The topological polar surface area (TPSA) is 136 Å². The third kappa shape index (κ3) is 6.98. The van der Waals surface area contributed by atoms with Crippen LogP contribution in [0.2, 0.25) is 0 Å². The maximum absolute atomic E-state index is 12.9. The van der Waals surface area contributed by atoms with Gasteiger partial charge in [0.05, 0.1) is 6.54 Å². The van der Waals surface area contributed by atoms with Gasteiger partial charge in [0, 0.05) is 31.5 Å². The zero-order valence-corrected chi connectivity index (χ0v) is 19.5. The van der Waals surface area contributed by atoms with E-state index in [0.29, 0.717) is 55.6 Å². The maximum Gasteiger partial charge on any atom is 0.270 e. The van der Waals surface area contributed by atoms with Gasteiger partial charge in [-0.15, -0.1) is 0 Å². The van der Waals surface area contributed by atoms with Crippen molar-refractivity contribution in [3.05, 3.63) is 42.3 Å². The first-order valence-corrected chi connectivity index (χ1v) is 11.3. The number of carbonyl (C=O) groups is 2. The van der Waals surface area contributed by atoms with Crippen molar-refractivity contribution in [1.82, 2.24) is 10.2 Å². The van der Waals surface area contributed by atoms with E-state index in [4.69, 9.17) is 25.1 Å². The Balaban J connectivity index is 1.66. The number of aliphatic hydroxyl groups is 1. The van der Waals surface area contributed by atoms with Crippen molar-refractivity contribution in [2.45, 2.75) is 32.7 Å². The highest BCUT2D eigenvalue weighted by Crippen LogP contribution is 2.34. The number of hydrogen-bond donors (Lipinski definition) is 3. The number of carbonyl (C=O) groups excluding carboxylic acids is 2. The van der Waals surface area contributed by atoms with Crippen molar-refractivity contribution < 1.29 is 28.9 Å². The lowest BCUT2D eigenvalue weighted by molar-refractivity contribution is -0.134. The Morgan fingerprint density at radius 1 is 1.32 bits per heavy atom. The van der Waals surface area contributed by atoms with Crippen LogP contribution >= 0.6 is 0 Å². The van der Waals surface area contributed by atoms with Crippen molar-refractivity contribution in [3.63, 3.8) is 0 Å². The van der Waals surface area contributed by atoms with Crippen LogP contribution in [-0.4, -0.2) is 66.6 Å². The molecule has 0 bridgehead atoms. The first kappa shape index (κ1) is 25.1. The van der Waals surface area contributed by atoms with Crippen molar-refractivity contribution >= 4 is 17.6 Å². The number of amidine groups is 1. The zero-order valence-electron chi connectivity index (χ0n) is 19.5. The van der Waals surface area contributed by atoms with Crippen molar-refractivity contribution in [1.29, 1.82) is 0 Å². The van der Waals surface area contributed by atoms with E-state index in [2.05, 4.69) is 10.3 Å². The number of amides is 2. The lowest BCUT2D eigenvalue weighted by atomic mass is 10.0. The molecular formula is C24H32N4O6. The third-order valence-corrected chi connectivity index (χ3v) is 5.10. The molecule has 0 saturated carbocycles. The van der Waals surface area contributed by atoms with Gasteiger partial charge in [-0.2, -0.15) is 4.99 Å². The van der Waals surface area contributed by atoms with Crippen LogP contribution in [0.3, 0.4) is 0 Å². The van der Waals surface area contributed by atoms with Gasteiger partial charge in [0.1, 0.15) is 36.6 Å². The van der Waals surface area contributed by atoms with E-state index < -0.39 is 11.9 Å². The van der Waals surface area contributed by atoms with Crippen LogP contribution in [0.15, 0.2) is 47.3 Å². The standard InChI is InChI=1S/C24H32N4O6/c1-16(2)12-19(24(31)27-22(25)6-8-26-7-3-9-29)28-15-18(14-23(28)30)34-17-4-5-20-21(13-17)33-11-10-32-20/h4-6,8,13-14,16,19,26,29H,3,7,9-12,15H2,1-2H3,(H2,25,27,31)/b8-6-. The molecular weight excluding hydrogens is 440 g/mol. The van der Waals surface area contributed by atoms with Crippen LogP contribution in [0.4, 0.5) is 0 Å². The molecule has 1 aromatic carbocycles. The summed E-state index contributed by atoms with van der Waals surface area (Å²) in [7, 11) is 0. The van der Waals surface area contributed by atoms with E-state index in [0.717, 1.165) is 0 Å². The van der Waals surface area contributed by atoms with Gasteiger partial charge < -0.3 is 35.3 Å². The van der Waals surface area contributed by atoms with Crippen LogP contribution < -0.4 is 25.3 Å². The predicted molar refractivity (Wildman–Crippen MR) is 127 cm³/mol. The van der Waals surface area contributed by atoms with E-state index in [9.17, 15) is 9.59 Å². The lowest BCUT2D eigenvalue weighted by Gasteiger charge is -2.27. The van der Waals surface area contributed by atoms with Gasteiger partial charge in [0.15, 0.2) is 11.5 Å². The Kier molecular flexibility index (Phi) is 8.92. The van der Waals surface area contributed by atoms with Crippen LogP contribution in [-0.2, 0) is 9.59 Å². The maximum atomic E-state index is 12.9. The average molecular weight is 473 g/mol. The van der Waals surface area contributed by atoms with Gasteiger partial charge in [-0.1, -0.05) is 13.8 Å². The van der Waals surface area contributed by atoms with Crippen molar-refractivity contribution in [3.8, 4) is 17.2 Å². The Bertz CT molecular complexity index is 972. The lowest BCUT2D eigenvalue weighted by Crippen LogP contribution is -2.43. The molecule has 34 heavy (non-hydrogen) atoms. The second kappa shape index (κ2) is 12.1. The minimum absolute atomic E-state index is 0.0302. The number of fused-ring (bicyclic) bond motifs is 1. The molecule has 0 radical (unpaired) electrons. The van der Waals surface area contributed by atoms with E-state index in [-0.39, 0.29) is 30.8 Å². The van der Waals surface area contributed by atoms with E-state index >= 15 is 0 Å². The molecule has 4 N–H and O–H groups in total. The molecule has 2 aliphatic heterocycles. The summed E-state index contributed by atoms with van der Waals surface area (Å²) < 4.78 is 17.0. The molecule has 1 aromatic rings. The van der Waals surface area contributed by atoms with Gasteiger partial charge in [0.25, 0.3) is 11.8 Å². The molecule has 0 aliphatic carbocycles. The fraction of sp³-hybridized carbons (Fsp3) is 0.458. The first-order chi connectivity index (χ1) is 16.4. The zero-order chi connectivity index (χ0) is 24.5. The number of aliphatic imine (C=N–C) groups is 1. The number of ether oxygens (including phenoxy) is 3. The Morgan fingerprint density at radius 2 is 2.09 bits per heavy atom. The summed E-state index contributed by atoms with van der Waals surface area (Å²) >= 11 is 0. The Morgan fingerprint density at radius 3 is 2.82 bits per heavy atom. The summed E-state index contributed by atoms with van der Waals surface area (Å²) in [5.74, 6) is 1.54. The number of rotatable bonds is 11. The fourth-order valence-electron chi connectivity index (χ4n) is 3.53. The molecule has 0 fully saturated rings.